The van der Waals surface area contributed by atoms with Gasteiger partial charge in [-0.15, -0.1) is 0 Å². The van der Waals surface area contributed by atoms with Gasteiger partial charge in [0.15, 0.2) is 11.7 Å². The van der Waals surface area contributed by atoms with E-state index in [9.17, 15) is 18.0 Å². The fourth-order valence-electron chi connectivity index (χ4n) is 4.26. The zero-order chi connectivity index (χ0) is 25.4. The Kier molecular flexibility index (Phi) is 6.23. The Labute approximate surface area is 212 Å². The van der Waals surface area contributed by atoms with Crippen molar-refractivity contribution in [2.45, 2.75) is 31.2 Å². The molecule has 1 amide bonds. The highest BCUT2D eigenvalue weighted by atomic mass is 32.2. The van der Waals surface area contributed by atoms with Gasteiger partial charge in [0, 0.05) is 6.04 Å². The molecular formula is C26H23N3O5S2. The van der Waals surface area contributed by atoms with Gasteiger partial charge >= 0.3 is 5.97 Å². The van der Waals surface area contributed by atoms with Gasteiger partial charge in [-0.2, -0.15) is 0 Å². The largest absolute Gasteiger partial charge is 0.452 e. The van der Waals surface area contributed by atoms with Crippen molar-refractivity contribution in [3.63, 3.8) is 0 Å². The van der Waals surface area contributed by atoms with Crippen LogP contribution in [-0.4, -0.2) is 37.9 Å². The molecule has 0 bridgehead atoms. The van der Waals surface area contributed by atoms with Crippen LogP contribution in [0.5, 0.6) is 0 Å². The van der Waals surface area contributed by atoms with Crippen LogP contribution >= 0.6 is 11.3 Å². The Morgan fingerprint density at radius 1 is 1.11 bits per heavy atom. The summed E-state index contributed by atoms with van der Waals surface area (Å²) in [7, 11) is -3.91. The number of anilines is 2. The Morgan fingerprint density at radius 2 is 1.92 bits per heavy atom. The lowest BCUT2D eigenvalue weighted by molar-refractivity contribution is -0.119. The fraction of sp³-hybridized carbons (Fsp3) is 0.192. The van der Waals surface area contributed by atoms with E-state index in [1.165, 1.54) is 39.9 Å². The summed E-state index contributed by atoms with van der Waals surface area (Å²) < 4.78 is 34.4. The van der Waals surface area contributed by atoms with Gasteiger partial charge < -0.3 is 4.74 Å². The first-order valence-electron chi connectivity index (χ1n) is 11.3. The molecule has 36 heavy (non-hydrogen) atoms. The number of aromatic nitrogens is 1. The van der Waals surface area contributed by atoms with Crippen molar-refractivity contribution >= 4 is 54.3 Å². The molecule has 8 nitrogen and oxygen atoms in total. The van der Waals surface area contributed by atoms with Crippen LogP contribution in [0.3, 0.4) is 0 Å². The van der Waals surface area contributed by atoms with Gasteiger partial charge in [0.05, 0.1) is 26.4 Å². The summed E-state index contributed by atoms with van der Waals surface area (Å²) in [6.45, 7) is 3.30. The highest BCUT2D eigenvalue weighted by Gasteiger charge is 2.36. The minimum absolute atomic E-state index is 0.0188. The predicted molar refractivity (Wildman–Crippen MR) is 139 cm³/mol. The molecule has 1 N–H and O–H groups in total. The first-order valence-corrected chi connectivity index (χ1v) is 13.5. The molecule has 1 aliphatic heterocycles. The number of para-hydroxylation sites is 1. The van der Waals surface area contributed by atoms with E-state index in [1.54, 1.807) is 12.1 Å². The average Bonchev–Trinajstić information content (AvgIpc) is 3.41. The quantitative estimate of drug-likeness (QED) is 0.374. The van der Waals surface area contributed by atoms with E-state index in [2.05, 4.69) is 10.3 Å². The number of fused-ring (bicyclic) bond motifs is 2. The van der Waals surface area contributed by atoms with Crippen molar-refractivity contribution in [3.8, 4) is 0 Å². The van der Waals surface area contributed by atoms with Crippen LogP contribution in [0.15, 0.2) is 71.6 Å². The Bertz CT molecular complexity index is 1600. The van der Waals surface area contributed by atoms with Crippen LogP contribution in [0.1, 0.15) is 28.4 Å². The molecule has 1 aliphatic rings. The molecule has 0 fully saturated rings. The number of carbonyl (C=O) groups excluding carboxylic acids is 2. The third kappa shape index (κ3) is 4.57. The monoisotopic (exact) mass is 521 g/mol. The number of benzene rings is 3. The van der Waals surface area contributed by atoms with Crippen molar-refractivity contribution in [1.82, 2.24) is 4.98 Å². The maximum absolute atomic E-state index is 13.5. The lowest BCUT2D eigenvalue weighted by Crippen LogP contribution is -2.35. The molecule has 0 saturated heterocycles. The number of hydrogen-bond acceptors (Lipinski definition) is 7. The number of thiazole rings is 1. The first kappa shape index (κ1) is 24.0. The van der Waals surface area contributed by atoms with E-state index in [1.807, 2.05) is 44.2 Å². The van der Waals surface area contributed by atoms with Crippen LogP contribution in [0.25, 0.3) is 10.2 Å². The molecule has 0 spiro atoms. The topological polar surface area (TPSA) is 106 Å². The van der Waals surface area contributed by atoms with Crippen LogP contribution in [0.2, 0.25) is 0 Å². The standard InChI is InChI=1S/C26H23N3O5S2/c1-16-10-11-21-23(12-16)35-26(27-21)28-24(30)15-34-25(31)19-7-5-8-20(14-19)36(32,33)29-17(2)13-18-6-3-4-9-22(18)29/h3-12,14,17H,13,15H2,1-2H3,(H,27,28,30). The summed E-state index contributed by atoms with van der Waals surface area (Å²) in [5.41, 5.74) is 3.49. The third-order valence-corrected chi connectivity index (χ3v) is 8.75. The minimum Gasteiger partial charge on any atom is -0.452 e. The van der Waals surface area contributed by atoms with Crippen LogP contribution in [-0.2, 0) is 26.0 Å². The summed E-state index contributed by atoms with van der Waals surface area (Å²) in [6.07, 6.45) is 0.612. The van der Waals surface area contributed by atoms with E-state index in [-0.39, 0.29) is 16.5 Å². The molecule has 2 heterocycles. The highest BCUT2D eigenvalue weighted by molar-refractivity contribution is 7.92. The van der Waals surface area contributed by atoms with Gasteiger partial charge in [-0.3, -0.25) is 14.4 Å². The maximum atomic E-state index is 13.5. The van der Waals surface area contributed by atoms with Gasteiger partial charge in [0.25, 0.3) is 15.9 Å². The summed E-state index contributed by atoms with van der Waals surface area (Å²) in [6, 6.07) is 18.6. The number of aryl methyl sites for hydroxylation is 1. The Balaban J connectivity index is 1.27. The smallest absolute Gasteiger partial charge is 0.338 e. The van der Waals surface area contributed by atoms with E-state index >= 15 is 0 Å². The van der Waals surface area contributed by atoms with Gasteiger partial charge in [-0.1, -0.05) is 41.7 Å². The number of nitrogens with zero attached hydrogens (tertiary/aromatic N) is 2. The van der Waals surface area contributed by atoms with Crippen molar-refractivity contribution < 1.29 is 22.7 Å². The summed E-state index contributed by atoms with van der Waals surface area (Å²) >= 11 is 1.33. The second-order valence-electron chi connectivity index (χ2n) is 8.63. The molecule has 1 atom stereocenters. The molecule has 4 aromatic rings. The minimum atomic E-state index is -3.91. The fourth-order valence-corrected chi connectivity index (χ4v) is 6.97. The van der Waals surface area contributed by atoms with E-state index < -0.39 is 28.5 Å². The van der Waals surface area contributed by atoms with Gasteiger partial charge in [-0.05, 0) is 67.8 Å². The second-order valence-corrected chi connectivity index (χ2v) is 11.5. The Hall–Kier alpha value is -3.76. The normalized spacial score (nSPS) is 15.1. The van der Waals surface area contributed by atoms with Crippen LogP contribution in [0, 0.1) is 6.92 Å². The highest BCUT2D eigenvalue weighted by Crippen LogP contribution is 2.36. The molecule has 3 aromatic carbocycles. The summed E-state index contributed by atoms with van der Waals surface area (Å²) in [5, 5.41) is 3.04. The lowest BCUT2D eigenvalue weighted by atomic mass is 10.1. The summed E-state index contributed by atoms with van der Waals surface area (Å²) in [4.78, 5) is 29.3. The van der Waals surface area contributed by atoms with E-state index in [0.29, 0.717) is 17.2 Å². The predicted octanol–water partition coefficient (Wildman–Crippen LogP) is 4.54. The molecule has 1 aromatic heterocycles. The molecule has 1 unspecified atom stereocenters. The van der Waals surface area contributed by atoms with E-state index in [4.69, 9.17) is 4.74 Å². The second kappa shape index (κ2) is 9.36. The van der Waals surface area contributed by atoms with Crippen molar-refractivity contribution in [1.29, 1.82) is 0 Å². The molecule has 0 aliphatic carbocycles. The number of carbonyl (C=O) groups is 2. The number of esters is 1. The number of nitrogens with one attached hydrogen (secondary N) is 1. The maximum Gasteiger partial charge on any atom is 0.338 e. The van der Waals surface area contributed by atoms with Crippen molar-refractivity contribution in [3.05, 3.63) is 83.4 Å². The zero-order valence-corrected chi connectivity index (χ0v) is 21.2. The summed E-state index contributed by atoms with van der Waals surface area (Å²) in [5.74, 6) is -1.33. The first-order chi connectivity index (χ1) is 17.2. The molecule has 10 heteroatoms. The molecule has 5 rings (SSSR count). The molecule has 0 radical (unpaired) electrons. The third-order valence-electron chi connectivity index (χ3n) is 5.90. The number of amides is 1. The molecule has 0 saturated carbocycles. The van der Waals surface area contributed by atoms with Crippen LogP contribution < -0.4 is 9.62 Å². The number of sulfonamides is 1. The van der Waals surface area contributed by atoms with E-state index in [0.717, 1.165) is 21.3 Å². The van der Waals surface area contributed by atoms with Crippen molar-refractivity contribution in [2.75, 3.05) is 16.2 Å². The zero-order valence-electron chi connectivity index (χ0n) is 19.6. The van der Waals surface area contributed by atoms with Crippen molar-refractivity contribution in [2.24, 2.45) is 0 Å². The van der Waals surface area contributed by atoms with Gasteiger partial charge in [0.1, 0.15) is 0 Å². The number of hydrogen-bond donors (Lipinski definition) is 1. The van der Waals surface area contributed by atoms with Gasteiger partial charge in [0.2, 0.25) is 0 Å². The number of ether oxygens (including phenoxy) is 1. The Morgan fingerprint density at radius 3 is 2.75 bits per heavy atom. The number of rotatable bonds is 6. The molecule has 184 valence electrons. The average molecular weight is 522 g/mol. The van der Waals surface area contributed by atoms with Gasteiger partial charge in [-0.25, -0.2) is 18.2 Å². The van der Waals surface area contributed by atoms with Crippen LogP contribution in [0.4, 0.5) is 10.8 Å². The lowest BCUT2D eigenvalue weighted by Gasteiger charge is -2.24. The SMILES string of the molecule is Cc1ccc2nc(NC(=O)COC(=O)c3cccc(S(=O)(=O)N4c5ccccc5CC4C)c3)sc2c1. The molecular weight excluding hydrogens is 498 g/mol.